The lowest BCUT2D eigenvalue weighted by atomic mass is 9.99. The quantitative estimate of drug-likeness (QED) is 0.774. The van der Waals surface area contributed by atoms with E-state index in [9.17, 15) is 13.2 Å². The number of halogens is 4. The first-order valence-electron chi connectivity index (χ1n) is 7.62. The van der Waals surface area contributed by atoms with E-state index in [1.807, 2.05) is 12.1 Å². The van der Waals surface area contributed by atoms with Gasteiger partial charge >= 0.3 is 6.18 Å². The number of hydrogen-bond donors (Lipinski definition) is 0. The molecular formula is C18H17ClF3NO. The number of fused-ring (bicyclic) bond motifs is 1. The SMILES string of the molecule is CN1CCc2c(cccc2OCc2ccc(C(F)(F)F)cc2Cl)C1. The van der Waals surface area contributed by atoms with Crippen LogP contribution in [0.15, 0.2) is 36.4 Å². The minimum atomic E-state index is -4.40. The summed E-state index contributed by atoms with van der Waals surface area (Å²) in [7, 11) is 2.07. The van der Waals surface area contributed by atoms with Crippen LogP contribution in [-0.2, 0) is 25.7 Å². The van der Waals surface area contributed by atoms with E-state index < -0.39 is 11.7 Å². The van der Waals surface area contributed by atoms with Crippen LogP contribution in [0.4, 0.5) is 13.2 Å². The number of hydrogen-bond acceptors (Lipinski definition) is 2. The smallest absolute Gasteiger partial charge is 0.416 e. The van der Waals surface area contributed by atoms with Crippen molar-refractivity contribution in [3.63, 3.8) is 0 Å². The van der Waals surface area contributed by atoms with Crippen LogP contribution in [0.1, 0.15) is 22.3 Å². The van der Waals surface area contributed by atoms with Crippen molar-refractivity contribution in [1.82, 2.24) is 4.90 Å². The summed E-state index contributed by atoms with van der Waals surface area (Å²) in [5.74, 6) is 0.775. The molecule has 0 atom stereocenters. The molecule has 0 bridgehead atoms. The highest BCUT2D eigenvalue weighted by Crippen LogP contribution is 2.33. The average molecular weight is 356 g/mol. The van der Waals surface area contributed by atoms with E-state index in [0.717, 1.165) is 37.4 Å². The van der Waals surface area contributed by atoms with Gasteiger partial charge in [0.2, 0.25) is 0 Å². The fourth-order valence-corrected chi connectivity index (χ4v) is 3.08. The number of likely N-dealkylation sites (N-methyl/N-ethyl adjacent to an activating group) is 1. The predicted octanol–water partition coefficient (Wildman–Crippen LogP) is 4.93. The molecular weight excluding hydrogens is 339 g/mol. The zero-order valence-corrected chi connectivity index (χ0v) is 13.9. The number of rotatable bonds is 3. The van der Waals surface area contributed by atoms with E-state index in [-0.39, 0.29) is 11.6 Å². The van der Waals surface area contributed by atoms with Gasteiger partial charge in [-0.25, -0.2) is 0 Å². The molecule has 0 saturated heterocycles. The Morgan fingerprint density at radius 1 is 1.21 bits per heavy atom. The Morgan fingerprint density at radius 2 is 2.00 bits per heavy atom. The number of alkyl halides is 3. The van der Waals surface area contributed by atoms with Crippen LogP contribution in [0.25, 0.3) is 0 Å². The zero-order valence-electron chi connectivity index (χ0n) is 13.2. The minimum absolute atomic E-state index is 0.0642. The first kappa shape index (κ1) is 17.1. The molecule has 1 aliphatic rings. The molecule has 0 N–H and O–H groups in total. The summed E-state index contributed by atoms with van der Waals surface area (Å²) in [5, 5.41) is 0.0642. The summed E-state index contributed by atoms with van der Waals surface area (Å²) in [5.41, 5.74) is 2.17. The molecule has 0 fully saturated rings. The molecule has 6 heteroatoms. The van der Waals surface area contributed by atoms with Crippen LogP contribution in [0.2, 0.25) is 5.02 Å². The van der Waals surface area contributed by atoms with E-state index in [1.54, 1.807) is 0 Å². The molecule has 0 unspecified atom stereocenters. The van der Waals surface area contributed by atoms with Crippen molar-refractivity contribution in [2.24, 2.45) is 0 Å². The van der Waals surface area contributed by atoms with E-state index in [2.05, 4.69) is 18.0 Å². The Kier molecular flexibility index (Phi) is 4.74. The lowest BCUT2D eigenvalue weighted by Crippen LogP contribution is -2.26. The first-order valence-corrected chi connectivity index (χ1v) is 8.00. The Bertz CT molecular complexity index is 746. The molecule has 2 aromatic carbocycles. The molecule has 2 aromatic rings. The van der Waals surface area contributed by atoms with E-state index in [0.29, 0.717) is 5.56 Å². The van der Waals surface area contributed by atoms with Crippen molar-refractivity contribution in [3.8, 4) is 5.75 Å². The molecule has 0 aromatic heterocycles. The van der Waals surface area contributed by atoms with Crippen LogP contribution >= 0.6 is 11.6 Å². The topological polar surface area (TPSA) is 12.5 Å². The van der Waals surface area contributed by atoms with Crippen molar-refractivity contribution >= 4 is 11.6 Å². The highest BCUT2D eigenvalue weighted by Gasteiger charge is 2.30. The standard InChI is InChI=1S/C18H17ClF3NO/c1-23-8-7-15-12(10-23)3-2-4-17(15)24-11-13-5-6-14(9-16(13)19)18(20,21)22/h2-6,9H,7-8,10-11H2,1H3. The zero-order chi connectivity index (χ0) is 17.3. The first-order chi connectivity index (χ1) is 11.3. The van der Waals surface area contributed by atoms with Gasteiger partial charge in [-0.1, -0.05) is 29.8 Å². The Balaban J connectivity index is 1.76. The number of ether oxygens (including phenoxy) is 1. The molecule has 0 saturated carbocycles. The largest absolute Gasteiger partial charge is 0.489 e. The van der Waals surface area contributed by atoms with Crippen molar-refractivity contribution in [2.75, 3.05) is 13.6 Å². The summed E-state index contributed by atoms with van der Waals surface area (Å²) in [6.07, 6.45) is -3.50. The van der Waals surface area contributed by atoms with Gasteiger partial charge in [0.05, 0.1) is 5.56 Å². The maximum Gasteiger partial charge on any atom is 0.416 e. The molecule has 1 aliphatic heterocycles. The second-order valence-corrected chi connectivity index (χ2v) is 6.38. The van der Waals surface area contributed by atoms with Gasteiger partial charge in [0.15, 0.2) is 0 Å². The second-order valence-electron chi connectivity index (χ2n) is 5.97. The maximum atomic E-state index is 12.7. The Morgan fingerprint density at radius 3 is 2.71 bits per heavy atom. The average Bonchev–Trinajstić information content (AvgIpc) is 2.52. The molecule has 1 heterocycles. The van der Waals surface area contributed by atoms with Crippen LogP contribution < -0.4 is 4.74 Å². The maximum absolute atomic E-state index is 12.7. The molecule has 0 radical (unpaired) electrons. The molecule has 2 nitrogen and oxygen atoms in total. The summed E-state index contributed by atoms with van der Waals surface area (Å²) in [6, 6.07) is 9.23. The minimum Gasteiger partial charge on any atom is -0.489 e. The molecule has 0 aliphatic carbocycles. The van der Waals surface area contributed by atoms with Gasteiger partial charge in [0.25, 0.3) is 0 Å². The van der Waals surface area contributed by atoms with Crippen LogP contribution in [0.3, 0.4) is 0 Å². The van der Waals surface area contributed by atoms with Crippen LogP contribution in [0, 0.1) is 0 Å². The highest BCUT2D eigenvalue weighted by molar-refractivity contribution is 6.31. The van der Waals surface area contributed by atoms with Gasteiger partial charge in [0.1, 0.15) is 12.4 Å². The van der Waals surface area contributed by atoms with Crippen LogP contribution in [0.5, 0.6) is 5.75 Å². The van der Waals surface area contributed by atoms with Gasteiger partial charge in [-0.2, -0.15) is 13.2 Å². The lowest BCUT2D eigenvalue weighted by Gasteiger charge is -2.26. The predicted molar refractivity (Wildman–Crippen MR) is 87.3 cm³/mol. The van der Waals surface area contributed by atoms with Gasteiger partial charge in [0, 0.05) is 23.7 Å². The van der Waals surface area contributed by atoms with E-state index in [4.69, 9.17) is 16.3 Å². The van der Waals surface area contributed by atoms with Gasteiger partial charge in [-0.05, 0) is 42.8 Å². The Hall–Kier alpha value is -1.72. The summed E-state index contributed by atoms with van der Waals surface area (Å²) < 4.78 is 43.9. The third-order valence-electron chi connectivity index (χ3n) is 4.18. The van der Waals surface area contributed by atoms with Crippen molar-refractivity contribution < 1.29 is 17.9 Å². The summed E-state index contributed by atoms with van der Waals surface area (Å²) >= 11 is 5.98. The third kappa shape index (κ3) is 3.68. The van der Waals surface area contributed by atoms with Crippen molar-refractivity contribution in [1.29, 1.82) is 0 Å². The van der Waals surface area contributed by atoms with Gasteiger partial charge in [-0.15, -0.1) is 0 Å². The van der Waals surface area contributed by atoms with E-state index in [1.165, 1.54) is 17.2 Å². The van der Waals surface area contributed by atoms with Crippen molar-refractivity contribution in [3.05, 3.63) is 63.7 Å². The highest BCUT2D eigenvalue weighted by atomic mass is 35.5. The lowest BCUT2D eigenvalue weighted by molar-refractivity contribution is -0.137. The van der Waals surface area contributed by atoms with Gasteiger partial charge < -0.3 is 9.64 Å². The van der Waals surface area contributed by atoms with Crippen molar-refractivity contribution in [2.45, 2.75) is 25.7 Å². The molecule has 3 rings (SSSR count). The Labute approximate surface area is 143 Å². The van der Waals surface area contributed by atoms with Gasteiger partial charge in [-0.3, -0.25) is 0 Å². The fourth-order valence-electron chi connectivity index (χ4n) is 2.85. The number of nitrogens with zero attached hydrogens (tertiary/aromatic N) is 1. The van der Waals surface area contributed by atoms with E-state index >= 15 is 0 Å². The summed E-state index contributed by atoms with van der Waals surface area (Å²) in [6.45, 7) is 1.96. The molecule has 24 heavy (non-hydrogen) atoms. The van der Waals surface area contributed by atoms with Crippen LogP contribution in [-0.4, -0.2) is 18.5 Å². The normalized spacial score (nSPS) is 15.2. The monoisotopic (exact) mass is 355 g/mol. The third-order valence-corrected chi connectivity index (χ3v) is 4.53. The fraction of sp³-hybridized carbons (Fsp3) is 0.333. The molecule has 128 valence electrons. The second kappa shape index (κ2) is 6.65. The molecule has 0 amide bonds. The summed E-state index contributed by atoms with van der Waals surface area (Å²) in [4.78, 5) is 2.23. The number of benzene rings is 2. The molecule has 0 spiro atoms.